The Kier molecular flexibility index (Phi) is 5.34. The van der Waals surface area contributed by atoms with Crippen molar-refractivity contribution in [3.8, 4) is 17.3 Å². The molecule has 0 aliphatic heterocycles. The monoisotopic (exact) mass is 405 g/mol. The van der Waals surface area contributed by atoms with Crippen molar-refractivity contribution < 1.29 is 9.84 Å². The van der Waals surface area contributed by atoms with Gasteiger partial charge in [-0.05, 0) is 42.5 Å². The van der Waals surface area contributed by atoms with Crippen molar-refractivity contribution >= 4 is 35.1 Å². The van der Waals surface area contributed by atoms with Crippen LogP contribution in [0, 0.1) is 0 Å². The zero-order chi connectivity index (χ0) is 19.6. The Hall–Kier alpha value is -3.03. The first-order valence-electron chi connectivity index (χ1n) is 7.62. The number of rotatable bonds is 4. The molecule has 3 rings (SSSR count). The smallest absolute Gasteiger partial charge is 0.335 e. The summed E-state index contributed by atoms with van der Waals surface area (Å²) < 4.78 is 6.01. The number of halogens is 2. The van der Waals surface area contributed by atoms with Gasteiger partial charge in [-0.3, -0.25) is 14.8 Å². The zero-order valence-electron chi connectivity index (χ0n) is 13.9. The lowest BCUT2D eigenvalue weighted by molar-refractivity contribution is 0.414. The second-order valence-electron chi connectivity index (χ2n) is 5.38. The number of aromatic amines is 1. The normalized spacial score (nSPS) is 11.1. The SMILES string of the molecule is COc1ccc(-n2c(O)c(C=Nc3ccc(Cl)cc3Cl)c(=O)[nH]c2=O)cc1. The molecule has 0 atom stereocenters. The fraction of sp³-hybridized carbons (Fsp3) is 0.0556. The molecule has 9 heteroatoms. The molecule has 0 saturated carbocycles. The van der Waals surface area contributed by atoms with Crippen molar-refractivity contribution in [3.63, 3.8) is 0 Å². The number of benzene rings is 2. The summed E-state index contributed by atoms with van der Waals surface area (Å²) in [6, 6.07) is 11.0. The fourth-order valence-electron chi connectivity index (χ4n) is 2.35. The average Bonchev–Trinajstić information content (AvgIpc) is 2.63. The Morgan fingerprint density at radius 2 is 1.85 bits per heavy atom. The molecule has 0 spiro atoms. The first kappa shape index (κ1) is 18.8. The van der Waals surface area contributed by atoms with E-state index >= 15 is 0 Å². The fourth-order valence-corrected chi connectivity index (χ4v) is 2.80. The molecule has 0 radical (unpaired) electrons. The highest BCUT2D eigenvalue weighted by Crippen LogP contribution is 2.28. The molecule has 27 heavy (non-hydrogen) atoms. The topological polar surface area (TPSA) is 96.7 Å². The third-order valence-electron chi connectivity index (χ3n) is 3.69. The Bertz CT molecular complexity index is 1130. The van der Waals surface area contributed by atoms with Gasteiger partial charge < -0.3 is 9.84 Å². The molecule has 0 amide bonds. The summed E-state index contributed by atoms with van der Waals surface area (Å²) in [6.45, 7) is 0. The number of aromatic nitrogens is 2. The third kappa shape index (κ3) is 3.89. The number of hydrogen-bond donors (Lipinski definition) is 2. The minimum Gasteiger partial charge on any atom is -0.497 e. The Labute approximate surface area is 163 Å². The quantitative estimate of drug-likeness (QED) is 0.650. The van der Waals surface area contributed by atoms with Crippen LogP contribution in [0.2, 0.25) is 10.0 Å². The van der Waals surface area contributed by atoms with E-state index in [9.17, 15) is 14.7 Å². The number of aliphatic imine (C=N–C) groups is 1. The largest absolute Gasteiger partial charge is 0.497 e. The van der Waals surface area contributed by atoms with Crippen molar-refractivity contribution in [1.29, 1.82) is 0 Å². The maximum atomic E-state index is 12.2. The van der Waals surface area contributed by atoms with Crippen molar-refractivity contribution in [2.45, 2.75) is 0 Å². The van der Waals surface area contributed by atoms with E-state index in [2.05, 4.69) is 9.98 Å². The van der Waals surface area contributed by atoms with Crippen LogP contribution in [-0.2, 0) is 0 Å². The zero-order valence-corrected chi connectivity index (χ0v) is 15.5. The van der Waals surface area contributed by atoms with E-state index in [1.54, 1.807) is 36.4 Å². The highest BCUT2D eigenvalue weighted by molar-refractivity contribution is 6.36. The van der Waals surface area contributed by atoms with Crippen LogP contribution in [0.5, 0.6) is 11.6 Å². The maximum absolute atomic E-state index is 12.2. The van der Waals surface area contributed by atoms with Gasteiger partial charge in [-0.25, -0.2) is 9.36 Å². The molecule has 1 heterocycles. The Balaban J connectivity index is 2.09. The van der Waals surface area contributed by atoms with Crippen LogP contribution in [0.25, 0.3) is 5.69 Å². The van der Waals surface area contributed by atoms with Gasteiger partial charge >= 0.3 is 5.69 Å². The van der Waals surface area contributed by atoms with Crippen LogP contribution in [0.3, 0.4) is 0 Å². The number of methoxy groups -OCH3 is 1. The Morgan fingerprint density at radius 3 is 2.48 bits per heavy atom. The molecule has 0 aliphatic carbocycles. The summed E-state index contributed by atoms with van der Waals surface area (Å²) in [4.78, 5) is 30.5. The predicted octanol–water partition coefficient (Wildman–Crippen LogP) is 3.30. The molecule has 7 nitrogen and oxygen atoms in total. The number of ether oxygens (including phenoxy) is 1. The molecule has 2 aromatic carbocycles. The van der Waals surface area contributed by atoms with Crippen LogP contribution in [0.15, 0.2) is 57.0 Å². The van der Waals surface area contributed by atoms with Gasteiger partial charge in [0.05, 0.1) is 23.5 Å². The van der Waals surface area contributed by atoms with E-state index in [1.165, 1.54) is 13.2 Å². The van der Waals surface area contributed by atoms with Crippen LogP contribution >= 0.6 is 23.2 Å². The van der Waals surface area contributed by atoms with E-state index in [0.717, 1.165) is 10.8 Å². The second kappa shape index (κ2) is 7.69. The molecular formula is C18H13Cl2N3O4. The molecule has 2 N–H and O–H groups in total. The molecule has 138 valence electrons. The van der Waals surface area contributed by atoms with E-state index in [-0.39, 0.29) is 10.6 Å². The summed E-state index contributed by atoms with van der Waals surface area (Å²) in [5.41, 5.74) is -1.08. The molecule has 3 aromatic rings. The second-order valence-corrected chi connectivity index (χ2v) is 6.23. The van der Waals surface area contributed by atoms with Crippen LogP contribution in [0.4, 0.5) is 5.69 Å². The molecule has 0 fully saturated rings. The van der Waals surface area contributed by atoms with Gasteiger partial charge in [-0.2, -0.15) is 0 Å². The number of H-pyrrole nitrogens is 1. The number of hydrogen-bond acceptors (Lipinski definition) is 5. The lowest BCUT2D eigenvalue weighted by Gasteiger charge is -2.10. The first-order chi connectivity index (χ1) is 12.9. The summed E-state index contributed by atoms with van der Waals surface area (Å²) in [7, 11) is 1.51. The molecule has 0 bridgehead atoms. The first-order valence-corrected chi connectivity index (χ1v) is 8.38. The number of nitrogens with zero attached hydrogens (tertiary/aromatic N) is 2. The standard InChI is InChI=1S/C18H13Cl2N3O4/c1-27-12-5-3-11(4-6-12)23-17(25)13(16(24)22-18(23)26)9-21-15-7-2-10(19)8-14(15)20/h2-9,25H,1H3,(H,22,24,26). The van der Waals surface area contributed by atoms with E-state index in [4.69, 9.17) is 27.9 Å². The van der Waals surface area contributed by atoms with Gasteiger partial charge in [0.1, 0.15) is 11.3 Å². The van der Waals surface area contributed by atoms with Gasteiger partial charge in [0.2, 0.25) is 5.88 Å². The molecule has 1 aromatic heterocycles. The van der Waals surface area contributed by atoms with Gasteiger partial charge in [-0.1, -0.05) is 23.2 Å². The third-order valence-corrected chi connectivity index (χ3v) is 4.23. The van der Waals surface area contributed by atoms with Crippen LogP contribution in [-0.4, -0.2) is 28.0 Å². The average molecular weight is 406 g/mol. The summed E-state index contributed by atoms with van der Waals surface area (Å²) in [5.74, 6) is 0.0256. The molecular weight excluding hydrogens is 393 g/mol. The molecule has 0 saturated heterocycles. The van der Waals surface area contributed by atoms with E-state index < -0.39 is 17.1 Å². The van der Waals surface area contributed by atoms with Gasteiger partial charge in [0, 0.05) is 11.2 Å². The highest BCUT2D eigenvalue weighted by Gasteiger charge is 2.14. The summed E-state index contributed by atoms with van der Waals surface area (Å²) in [5, 5.41) is 11.2. The van der Waals surface area contributed by atoms with Crippen molar-refractivity contribution in [2.75, 3.05) is 7.11 Å². The van der Waals surface area contributed by atoms with E-state index in [1.807, 2.05) is 0 Å². The minimum atomic E-state index is -0.788. The molecule has 0 aliphatic rings. The lowest BCUT2D eigenvalue weighted by Crippen LogP contribution is -2.31. The van der Waals surface area contributed by atoms with Crippen molar-refractivity contribution in [2.24, 2.45) is 4.99 Å². The molecule has 0 unspecified atom stereocenters. The maximum Gasteiger partial charge on any atom is 0.335 e. The number of nitrogens with one attached hydrogen (secondary N) is 1. The van der Waals surface area contributed by atoms with Gasteiger partial charge in [0.15, 0.2) is 0 Å². The summed E-state index contributed by atoms with van der Waals surface area (Å²) in [6.07, 6.45) is 1.13. The van der Waals surface area contributed by atoms with Crippen LogP contribution in [0.1, 0.15) is 5.56 Å². The lowest BCUT2D eigenvalue weighted by atomic mass is 10.2. The van der Waals surface area contributed by atoms with Gasteiger partial charge in [-0.15, -0.1) is 0 Å². The van der Waals surface area contributed by atoms with Gasteiger partial charge in [0.25, 0.3) is 5.56 Å². The summed E-state index contributed by atoms with van der Waals surface area (Å²) >= 11 is 11.9. The minimum absolute atomic E-state index is 0.198. The van der Waals surface area contributed by atoms with E-state index in [0.29, 0.717) is 22.1 Å². The van der Waals surface area contributed by atoms with Crippen molar-refractivity contribution in [3.05, 3.63) is 78.9 Å². The number of aromatic hydroxyl groups is 1. The Morgan fingerprint density at radius 1 is 1.15 bits per heavy atom. The highest BCUT2D eigenvalue weighted by atomic mass is 35.5. The van der Waals surface area contributed by atoms with Crippen LogP contribution < -0.4 is 16.0 Å². The predicted molar refractivity (Wildman–Crippen MR) is 105 cm³/mol. The van der Waals surface area contributed by atoms with Crippen molar-refractivity contribution in [1.82, 2.24) is 9.55 Å².